The fraction of sp³-hybridized carbons (Fsp3) is 0.200. The van der Waals surface area contributed by atoms with Gasteiger partial charge in [-0.15, -0.1) is 0 Å². The van der Waals surface area contributed by atoms with E-state index in [0.717, 1.165) is 14.2 Å². The number of benzene rings is 1. The van der Waals surface area contributed by atoms with Crippen LogP contribution < -0.4 is 0 Å². The fourth-order valence-corrected chi connectivity index (χ4v) is 1.43. The average Bonchev–Trinajstić information content (AvgIpc) is 2.43. The van der Waals surface area contributed by atoms with Gasteiger partial charge in [0.05, 0.1) is 35.2 Å². The van der Waals surface area contributed by atoms with E-state index in [1.165, 1.54) is 0 Å². The maximum absolute atomic E-state index is 11.5. The molecule has 0 fully saturated rings. The molecule has 1 aromatic carbocycles. The van der Waals surface area contributed by atoms with Crippen LogP contribution in [0.1, 0.15) is 20.7 Å². The molecule has 106 valence electrons. The Morgan fingerprint density at radius 3 is 1.40 bits per heavy atom. The fourth-order valence-electron chi connectivity index (χ4n) is 1.43. The maximum atomic E-state index is 11.5. The largest absolute Gasteiger partial charge is 0.465 e. The second-order valence-electron chi connectivity index (χ2n) is 3.38. The van der Waals surface area contributed by atoms with Crippen molar-refractivity contribution in [2.45, 2.75) is 0 Å². The van der Waals surface area contributed by atoms with Gasteiger partial charge in [-0.1, -0.05) is 0 Å². The molecule has 0 atom stereocenters. The first-order chi connectivity index (χ1) is 9.33. The van der Waals surface area contributed by atoms with Crippen LogP contribution in [0.15, 0.2) is 12.1 Å². The molecule has 0 saturated heterocycles. The number of hydrogen-bond donors (Lipinski definition) is 0. The summed E-state index contributed by atoms with van der Waals surface area (Å²) in [4.78, 5) is 42.4. The highest BCUT2D eigenvalue weighted by Gasteiger charge is 2.31. The zero-order valence-corrected chi connectivity index (χ0v) is 10.3. The lowest BCUT2D eigenvalue weighted by Gasteiger charge is -2.06. The third-order valence-corrected chi connectivity index (χ3v) is 2.32. The highest BCUT2D eigenvalue weighted by atomic mass is 16.6. The summed E-state index contributed by atoms with van der Waals surface area (Å²) < 4.78 is 8.74. The Bertz CT molecular complexity index is 557. The minimum Gasteiger partial charge on any atom is -0.465 e. The number of methoxy groups -OCH3 is 2. The second kappa shape index (κ2) is 5.73. The van der Waals surface area contributed by atoms with Gasteiger partial charge in [0.1, 0.15) is 0 Å². The van der Waals surface area contributed by atoms with Gasteiger partial charge in [-0.25, -0.2) is 9.59 Å². The topological polar surface area (TPSA) is 139 Å². The summed E-state index contributed by atoms with van der Waals surface area (Å²) in [5, 5.41) is 21.5. The molecule has 0 aliphatic rings. The number of nitro groups is 2. The summed E-state index contributed by atoms with van der Waals surface area (Å²) in [6.07, 6.45) is 0. The van der Waals surface area contributed by atoms with Crippen molar-refractivity contribution in [1.82, 2.24) is 0 Å². The van der Waals surface area contributed by atoms with E-state index in [1.54, 1.807) is 0 Å². The van der Waals surface area contributed by atoms with Crippen LogP contribution >= 0.6 is 0 Å². The Labute approximate surface area is 111 Å². The van der Waals surface area contributed by atoms with Crippen LogP contribution in [0.4, 0.5) is 11.4 Å². The molecule has 0 radical (unpaired) electrons. The van der Waals surface area contributed by atoms with E-state index >= 15 is 0 Å². The first-order valence-corrected chi connectivity index (χ1v) is 4.97. The van der Waals surface area contributed by atoms with Crippen LogP contribution in [-0.4, -0.2) is 36.0 Å². The van der Waals surface area contributed by atoms with Crippen LogP contribution in [-0.2, 0) is 9.47 Å². The van der Waals surface area contributed by atoms with Gasteiger partial charge in [-0.2, -0.15) is 0 Å². The van der Waals surface area contributed by atoms with Gasteiger partial charge in [-0.05, 0) is 0 Å². The number of rotatable bonds is 4. The van der Waals surface area contributed by atoms with Crippen LogP contribution in [0, 0.1) is 20.2 Å². The van der Waals surface area contributed by atoms with Gasteiger partial charge in [0.15, 0.2) is 0 Å². The number of hydrogen-bond acceptors (Lipinski definition) is 8. The minimum atomic E-state index is -1.05. The molecule has 0 aliphatic heterocycles. The smallest absolute Gasteiger partial charge is 0.346 e. The Morgan fingerprint density at radius 1 is 0.900 bits per heavy atom. The van der Waals surface area contributed by atoms with Crippen LogP contribution in [0.5, 0.6) is 0 Å². The zero-order valence-electron chi connectivity index (χ0n) is 10.3. The van der Waals surface area contributed by atoms with Gasteiger partial charge >= 0.3 is 23.3 Å². The van der Waals surface area contributed by atoms with Gasteiger partial charge < -0.3 is 9.47 Å². The molecule has 10 nitrogen and oxygen atoms in total. The molecule has 0 bridgehead atoms. The first-order valence-electron chi connectivity index (χ1n) is 4.97. The van der Waals surface area contributed by atoms with Crippen molar-refractivity contribution in [3.05, 3.63) is 43.5 Å². The number of ether oxygens (including phenoxy) is 2. The number of carbonyl (C=O) groups excluding carboxylic acids is 2. The monoisotopic (exact) mass is 284 g/mol. The van der Waals surface area contributed by atoms with E-state index in [9.17, 15) is 29.8 Å². The third-order valence-electron chi connectivity index (χ3n) is 2.32. The number of esters is 2. The van der Waals surface area contributed by atoms with Crippen LogP contribution in [0.25, 0.3) is 0 Å². The summed E-state index contributed by atoms with van der Waals surface area (Å²) in [5.74, 6) is -2.10. The molecule has 0 aromatic heterocycles. The number of carbonyl (C=O) groups is 2. The first kappa shape index (κ1) is 15.0. The van der Waals surface area contributed by atoms with Crippen molar-refractivity contribution in [1.29, 1.82) is 0 Å². The molecule has 1 aromatic rings. The second-order valence-corrected chi connectivity index (χ2v) is 3.38. The summed E-state index contributed by atoms with van der Waals surface area (Å²) >= 11 is 0. The number of nitrogens with zero attached hydrogens (tertiary/aromatic N) is 2. The SMILES string of the molecule is COC(=O)c1cc([N+](=O)[O-])c([N+](=O)[O-])cc1C(=O)OC. The van der Waals surface area contributed by atoms with E-state index < -0.39 is 44.3 Å². The van der Waals surface area contributed by atoms with E-state index in [4.69, 9.17) is 0 Å². The zero-order chi connectivity index (χ0) is 15.4. The standard InChI is InChI=1S/C10H8N2O8/c1-19-9(13)5-3-7(11(15)16)8(12(17)18)4-6(5)10(14)20-2/h3-4H,1-2H3. The van der Waals surface area contributed by atoms with Crippen molar-refractivity contribution < 1.29 is 28.9 Å². The third kappa shape index (κ3) is 2.68. The van der Waals surface area contributed by atoms with Crippen molar-refractivity contribution in [2.24, 2.45) is 0 Å². The quantitative estimate of drug-likeness (QED) is 0.454. The van der Waals surface area contributed by atoms with E-state index in [1.807, 2.05) is 0 Å². The summed E-state index contributed by atoms with van der Waals surface area (Å²) in [5.41, 5.74) is -2.83. The molecule has 20 heavy (non-hydrogen) atoms. The Morgan fingerprint density at radius 2 is 1.20 bits per heavy atom. The maximum Gasteiger partial charge on any atom is 0.346 e. The Kier molecular flexibility index (Phi) is 4.31. The van der Waals surface area contributed by atoms with Crippen LogP contribution in [0.2, 0.25) is 0 Å². The molecule has 0 saturated carbocycles. The van der Waals surface area contributed by atoms with Gasteiger partial charge in [0, 0.05) is 12.1 Å². The minimum absolute atomic E-state index is 0.489. The van der Waals surface area contributed by atoms with Crippen LogP contribution in [0.3, 0.4) is 0 Å². The predicted molar refractivity (Wildman–Crippen MR) is 62.4 cm³/mol. The number of nitro benzene ring substituents is 2. The van der Waals surface area contributed by atoms with Gasteiger partial charge in [-0.3, -0.25) is 20.2 Å². The van der Waals surface area contributed by atoms with Gasteiger partial charge in [0.2, 0.25) is 0 Å². The molecule has 0 amide bonds. The highest BCUT2D eigenvalue weighted by molar-refractivity contribution is 6.04. The predicted octanol–water partition coefficient (Wildman–Crippen LogP) is 1.08. The molecular weight excluding hydrogens is 276 g/mol. The summed E-state index contributed by atoms with van der Waals surface area (Å²) in [6, 6.07) is 1.21. The molecule has 0 unspecified atom stereocenters. The average molecular weight is 284 g/mol. The highest BCUT2D eigenvalue weighted by Crippen LogP contribution is 2.31. The summed E-state index contributed by atoms with van der Waals surface area (Å²) in [6.45, 7) is 0. The Balaban J connectivity index is 3.69. The lowest BCUT2D eigenvalue weighted by Crippen LogP contribution is -2.13. The lowest BCUT2D eigenvalue weighted by atomic mass is 10.1. The van der Waals surface area contributed by atoms with E-state index in [-0.39, 0.29) is 0 Å². The van der Waals surface area contributed by atoms with Gasteiger partial charge in [0.25, 0.3) is 0 Å². The van der Waals surface area contributed by atoms with Crippen molar-refractivity contribution in [3.8, 4) is 0 Å². The molecule has 0 heterocycles. The lowest BCUT2D eigenvalue weighted by molar-refractivity contribution is -0.422. The van der Waals surface area contributed by atoms with E-state index in [0.29, 0.717) is 12.1 Å². The Hall–Kier alpha value is -3.04. The van der Waals surface area contributed by atoms with Crippen molar-refractivity contribution in [2.75, 3.05) is 14.2 Å². The molecular formula is C10H8N2O8. The molecule has 10 heteroatoms. The van der Waals surface area contributed by atoms with Crippen molar-refractivity contribution in [3.63, 3.8) is 0 Å². The molecule has 0 N–H and O–H groups in total. The molecule has 0 spiro atoms. The normalized spacial score (nSPS) is 9.70. The van der Waals surface area contributed by atoms with Crippen molar-refractivity contribution >= 4 is 23.3 Å². The molecule has 0 aliphatic carbocycles. The van der Waals surface area contributed by atoms with E-state index in [2.05, 4.69) is 9.47 Å². The summed E-state index contributed by atoms with van der Waals surface area (Å²) in [7, 11) is 1.99. The molecule has 1 rings (SSSR count).